The Balaban J connectivity index is 2.37. The van der Waals surface area contributed by atoms with E-state index < -0.39 is 5.92 Å². The monoisotopic (exact) mass is 317 g/mol. The van der Waals surface area contributed by atoms with Crippen molar-refractivity contribution >= 4 is 23.8 Å². The first-order valence-corrected chi connectivity index (χ1v) is 7.92. The van der Waals surface area contributed by atoms with Crippen LogP contribution in [0, 0.1) is 11.0 Å². The lowest BCUT2D eigenvalue weighted by atomic mass is 9.91. The Morgan fingerprint density at radius 3 is 2.27 bits per heavy atom. The Morgan fingerprint density at radius 2 is 1.77 bits per heavy atom. The summed E-state index contributed by atoms with van der Waals surface area (Å²) >= 11 is 1.59. The fourth-order valence-corrected chi connectivity index (χ4v) is 2.53. The van der Waals surface area contributed by atoms with Gasteiger partial charge in [0.05, 0.1) is 0 Å². The van der Waals surface area contributed by atoms with Crippen LogP contribution in [-0.4, -0.2) is 30.0 Å². The van der Waals surface area contributed by atoms with Crippen LogP contribution in [0.5, 0.6) is 0 Å². The quantitative estimate of drug-likeness (QED) is 0.211. The Labute approximate surface area is 133 Å². The molecule has 0 aliphatic rings. The van der Waals surface area contributed by atoms with Crippen molar-refractivity contribution in [3.63, 3.8) is 0 Å². The molecule has 0 fully saturated rings. The van der Waals surface area contributed by atoms with Crippen molar-refractivity contribution < 1.29 is 13.9 Å². The van der Waals surface area contributed by atoms with Gasteiger partial charge in [0.15, 0.2) is 12.0 Å². The molecule has 0 amide bonds. The lowest BCUT2D eigenvalue weighted by Gasteiger charge is -2.12. The van der Waals surface area contributed by atoms with E-state index >= 15 is 0 Å². The third kappa shape index (κ3) is 3.95. The van der Waals surface area contributed by atoms with Crippen LogP contribution in [0.2, 0.25) is 0 Å². The van der Waals surface area contributed by atoms with Crippen LogP contribution >= 0.6 is 11.8 Å². The standard InChI is InChI=1S/C17H16FNO2S/c1-19(21)11-16(12-3-7-14(18)8-4-12)17(20)13-5-9-15(22-2)10-6-13/h3-11,16H,1-2H3/b19-11-. The zero-order chi connectivity index (χ0) is 16.1. The number of rotatable bonds is 5. The summed E-state index contributed by atoms with van der Waals surface area (Å²) in [5.41, 5.74) is 1.10. The largest absolute Gasteiger partial charge is 0.624 e. The number of hydrogen-bond acceptors (Lipinski definition) is 3. The van der Waals surface area contributed by atoms with Crippen LogP contribution in [0.3, 0.4) is 0 Å². The normalized spacial score (nSPS) is 13.0. The predicted molar refractivity (Wildman–Crippen MR) is 87.3 cm³/mol. The minimum Gasteiger partial charge on any atom is -0.624 e. The van der Waals surface area contributed by atoms with Gasteiger partial charge in [-0.1, -0.05) is 24.3 Å². The van der Waals surface area contributed by atoms with Gasteiger partial charge in [-0.25, -0.2) is 9.13 Å². The topological polar surface area (TPSA) is 43.1 Å². The Morgan fingerprint density at radius 1 is 1.18 bits per heavy atom. The van der Waals surface area contributed by atoms with Crippen LogP contribution < -0.4 is 0 Å². The first-order valence-electron chi connectivity index (χ1n) is 6.70. The fourth-order valence-electron chi connectivity index (χ4n) is 2.12. The minimum atomic E-state index is -0.733. The lowest BCUT2D eigenvalue weighted by molar-refractivity contribution is -0.418. The molecule has 0 aliphatic carbocycles. The van der Waals surface area contributed by atoms with E-state index in [4.69, 9.17) is 0 Å². The van der Waals surface area contributed by atoms with Crippen molar-refractivity contribution in [3.8, 4) is 0 Å². The number of halogens is 1. The molecule has 0 radical (unpaired) electrons. The third-order valence-electron chi connectivity index (χ3n) is 3.25. The van der Waals surface area contributed by atoms with Crippen LogP contribution in [0.15, 0.2) is 53.4 Å². The third-order valence-corrected chi connectivity index (χ3v) is 3.99. The average Bonchev–Trinajstić information content (AvgIpc) is 2.53. The van der Waals surface area contributed by atoms with Gasteiger partial charge in [-0.15, -0.1) is 11.8 Å². The van der Waals surface area contributed by atoms with E-state index in [-0.39, 0.29) is 11.6 Å². The number of benzene rings is 2. The first kappa shape index (κ1) is 16.2. The van der Waals surface area contributed by atoms with Crippen molar-refractivity contribution in [2.75, 3.05) is 13.3 Å². The summed E-state index contributed by atoms with van der Waals surface area (Å²) < 4.78 is 13.6. The fraction of sp³-hybridized carbons (Fsp3) is 0.176. The van der Waals surface area contributed by atoms with Crippen molar-refractivity contribution in [1.29, 1.82) is 0 Å². The molecule has 0 saturated carbocycles. The Hall–Kier alpha value is -2.14. The van der Waals surface area contributed by atoms with E-state index in [0.29, 0.717) is 15.9 Å². The zero-order valence-corrected chi connectivity index (χ0v) is 13.1. The van der Waals surface area contributed by atoms with Crippen LogP contribution in [0.1, 0.15) is 21.8 Å². The van der Waals surface area contributed by atoms with Gasteiger partial charge in [0, 0.05) is 10.5 Å². The van der Waals surface area contributed by atoms with E-state index in [9.17, 15) is 14.4 Å². The van der Waals surface area contributed by atoms with Gasteiger partial charge < -0.3 is 5.21 Å². The highest BCUT2D eigenvalue weighted by molar-refractivity contribution is 7.98. The maximum atomic E-state index is 13.1. The molecule has 0 aromatic heterocycles. The average molecular weight is 317 g/mol. The molecular weight excluding hydrogens is 301 g/mol. The summed E-state index contributed by atoms with van der Waals surface area (Å²) in [7, 11) is 1.32. The summed E-state index contributed by atoms with van der Waals surface area (Å²) in [6, 6.07) is 12.8. The molecule has 0 N–H and O–H groups in total. The van der Waals surface area contributed by atoms with Gasteiger partial charge in [0.2, 0.25) is 0 Å². The Kier molecular flexibility index (Phi) is 5.33. The van der Waals surface area contributed by atoms with Gasteiger partial charge >= 0.3 is 0 Å². The minimum absolute atomic E-state index is 0.193. The summed E-state index contributed by atoms with van der Waals surface area (Å²) in [6.07, 6.45) is 3.25. The van der Waals surface area contributed by atoms with Crippen LogP contribution in [0.4, 0.5) is 4.39 Å². The highest BCUT2D eigenvalue weighted by Gasteiger charge is 2.23. The summed E-state index contributed by atoms with van der Waals surface area (Å²) in [5, 5.41) is 11.4. The maximum absolute atomic E-state index is 13.1. The number of nitrogens with zero attached hydrogens (tertiary/aromatic N) is 1. The second kappa shape index (κ2) is 7.22. The number of ketones is 1. The van der Waals surface area contributed by atoms with E-state index in [0.717, 1.165) is 4.90 Å². The van der Waals surface area contributed by atoms with Crippen molar-refractivity contribution in [3.05, 3.63) is 70.7 Å². The van der Waals surface area contributed by atoms with Crippen molar-refractivity contribution in [1.82, 2.24) is 0 Å². The number of thioether (sulfide) groups is 1. The zero-order valence-electron chi connectivity index (χ0n) is 12.3. The van der Waals surface area contributed by atoms with E-state index in [1.165, 1.54) is 37.5 Å². The molecule has 1 unspecified atom stereocenters. The van der Waals surface area contributed by atoms with Gasteiger partial charge in [-0.05, 0) is 36.1 Å². The highest BCUT2D eigenvalue weighted by Crippen LogP contribution is 2.22. The first-order chi connectivity index (χ1) is 10.5. The molecule has 0 heterocycles. The number of hydrogen-bond donors (Lipinski definition) is 0. The number of carbonyl (C=O) groups is 1. The van der Waals surface area contributed by atoms with Gasteiger partial charge in [0.25, 0.3) is 0 Å². The second-order valence-electron chi connectivity index (χ2n) is 4.82. The molecule has 0 saturated heterocycles. The molecule has 22 heavy (non-hydrogen) atoms. The number of Topliss-reactive ketones (excluding diaryl/α,β-unsaturated/α-hetero) is 1. The molecule has 0 aliphatic heterocycles. The molecule has 5 heteroatoms. The van der Waals surface area contributed by atoms with Crippen LogP contribution in [-0.2, 0) is 0 Å². The van der Waals surface area contributed by atoms with Crippen LogP contribution in [0.25, 0.3) is 0 Å². The van der Waals surface area contributed by atoms with Crippen molar-refractivity contribution in [2.45, 2.75) is 10.8 Å². The van der Waals surface area contributed by atoms with Gasteiger partial charge in [-0.2, -0.15) is 0 Å². The molecule has 2 rings (SSSR count). The smallest absolute Gasteiger partial charge is 0.180 e. The SMILES string of the molecule is CSc1ccc(C(=O)C(/C=[N+](/C)[O-])c2ccc(F)cc2)cc1. The molecule has 1 atom stereocenters. The summed E-state index contributed by atoms with van der Waals surface area (Å²) in [5.74, 6) is -1.31. The van der Waals surface area contributed by atoms with Gasteiger partial charge in [-0.3, -0.25) is 4.79 Å². The van der Waals surface area contributed by atoms with Crippen molar-refractivity contribution in [2.24, 2.45) is 0 Å². The van der Waals surface area contributed by atoms with E-state index in [1.54, 1.807) is 23.9 Å². The van der Waals surface area contributed by atoms with Gasteiger partial charge in [0.1, 0.15) is 18.8 Å². The van der Waals surface area contributed by atoms with E-state index in [1.807, 2.05) is 18.4 Å². The second-order valence-corrected chi connectivity index (χ2v) is 5.70. The molecule has 114 valence electrons. The molecule has 0 spiro atoms. The summed E-state index contributed by atoms with van der Waals surface area (Å²) in [6.45, 7) is 0. The number of hydroxylamine groups is 1. The molecule has 0 bridgehead atoms. The summed E-state index contributed by atoms with van der Waals surface area (Å²) in [4.78, 5) is 13.7. The maximum Gasteiger partial charge on any atom is 0.180 e. The molecular formula is C17H16FNO2S. The number of carbonyl (C=O) groups excluding carboxylic acids is 1. The lowest BCUT2D eigenvalue weighted by Crippen LogP contribution is -2.18. The van der Waals surface area contributed by atoms with E-state index in [2.05, 4.69) is 0 Å². The highest BCUT2D eigenvalue weighted by atomic mass is 32.2. The Bertz CT molecular complexity index is 677. The molecule has 2 aromatic carbocycles. The molecule has 2 aromatic rings. The molecule has 3 nitrogen and oxygen atoms in total. The predicted octanol–water partition coefficient (Wildman–Crippen LogP) is 3.73.